The smallest absolute Gasteiger partial charge is 0.295 e. The second kappa shape index (κ2) is 8.24. The van der Waals surface area contributed by atoms with Gasteiger partial charge in [0.25, 0.3) is 11.7 Å². The third-order valence-electron chi connectivity index (χ3n) is 5.15. The molecule has 0 spiro atoms. The summed E-state index contributed by atoms with van der Waals surface area (Å²) in [5.74, 6) is -1.59. The number of rotatable bonds is 6. The number of hydrogen-bond acceptors (Lipinski definition) is 5. The van der Waals surface area contributed by atoms with Crippen molar-refractivity contribution in [1.29, 1.82) is 0 Å². The van der Waals surface area contributed by atoms with E-state index in [1.165, 1.54) is 17.0 Å². The van der Waals surface area contributed by atoms with E-state index in [0.717, 1.165) is 0 Å². The molecule has 0 saturated carbocycles. The number of carbonyl (C=O) groups excluding carboxylic acids is 2. The first-order valence-electron chi connectivity index (χ1n) is 9.65. The van der Waals surface area contributed by atoms with Gasteiger partial charge < -0.3 is 19.7 Å². The lowest BCUT2D eigenvalue weighted by Crippen LogP contribution is -2.31. The highest BCUT2D eigenvalue weighted by Crippen LogP contribution is 2.40. The number of phenols is 1. The third-order valence-corrected chi connectivity index (χ3v) is 5.15. The first-order chi connectivity index (χ1) is 14.6. The van der Waals surface area contributed by atoms with Crippen LogP contribution in [0.15, 0.2) is 78.9 Å². The van der Waals surface area contributed by atoms with Gasteiger partial charge in [0, 0.05) is 31.0 Å². The van der Waals surface area contributed by atoms with Crippen LogP contribution in [0.25, 0.3) is 5.76 Å². The summed E-state index contributed by atoms with van der Waals surface area (Å²) in [5.41, 5.74) is 1.05. The third kappa shape index (κ3) is 3.69. The predicted octanol–water partition coefficient (Wildman–Crippen LogP) is 3.10. The molecule has 4 rings (SSSR count). The summed E-state index contributed by atoms with van der Waals surface area (Å²) in [4.78, 5) is 31.2. The minimum Gasteiger partial charge on any atom is -0.508 e. The van der Waals surface area contributed by atoms with E-state index < -0.39 is 17.7 Å². The molecular formula is C23H21N3O4. The molecule has 0 bridgehead atoms. The molecule has 3 aromatic rings. The largest absolute Gasteiger partial charge is 0.508 e. The zero-order valence-corrected chi connectivity index (χ0v) is 16.2. The van der Waals surface area contributed by atoms with Gasteiger partial charge in [0.1, 0.15) is 11.5 Å². The topological polar surface area (TPSA) is 95.7 Å². The number of hydrogen-bond donors (Lipinski definition) is 2. The Hall–Kier alpha value is -3.87. The molecule has 0 radical (unpaired) electrons. The molecule has 30 heavy (non-hydrogen) atoms. The highest BCUT2D eigenvalue weighted by Gasteiger charge is 2.45. The first kappa shape index (κ1) is 19.4. The molecule has 7 nitrogen and oxygen atoms in total. The molecule has 0 aliphatic carbocycles. The summed E-state index contributed by atoms with van der Waals surface area (Å²) < 4.78 is 1.89. The van der Waals surface area contributed by atoms with Crippen LogP contribution in [0, 0.1) is 0 Å². The normalized spacial score (nSPS) is 18.1. The molecule has 7 heteroatoms. The summed E-state index contributed by atoms with van der Waals surface area (Å²) in [6, 6.07) is 14.3. The highest BCUT2D eigenvalue weighted by atomic mass is 16.3. The molecule has 2 aromatic carbocycles. The lowest BCUT2D eigenvalue weighted by Gasteiger charge is -2.25. The van der Waals surface area contributed by atoms with E-state index >= 15 is 0 Å². The Kier molecular flexibility index (Phi) is 5.34. The van der Waals surface area contributed by atoms with E-state index in [9.17, 15) is 19.8 Å². The fraction of sp³-hybridized carbons (Fsp3) is 0.174. The van der Waals surface area contributed by atoms with Gasteiger partial charge >= 0.3 is 0 Å². The molecule has 1 aromatic heterocycles. The lowest BCUT2D eigenvalue weighted by molar-refractivity contribution is -0.139. The molecule has 152 valence electrons. The number of Topliss-reactive ketones (excluding diaryl/α,β-unsaturated/α-hetero) is 1. The number of aliphatic hydroxyl groups excluding tert-OH is 1. The second-order valence-electron chi connectivity index (χ2n) is 7.11. The predicted molar refractivity (Wildman–Crippen MR) is 110 cm³/mol. The van der Waals surface area contributed by atoms with Crippen LogP contribution in [0.5, 0.6) is 5.75 Å². The fourth-order valence-electron chi connectivity index (χ4n) is 3.75. The lowest BCUT2D eigenvalue weighted by atomic mass is 9.95. The van der Waals surface area contributed by atoms with Crippen molar-refractivity contribution in [3.8, 4) is 5.75 Å². The molecule has 1 amide bonds. The van der Waals surface area contributed by atoms with Crippen molar-refractivity contribution in [1.82, 2.24) is 14.5 Å². The Balaban J connectivity index is 1.73. The Morgan fingerprint density at radius 1 is 1.03 bits per heavy atom. The van der Waals surface area contributed by atoms with Crippen molar-refractivity contribution in [3.05, 3.63) is 90.0 Å². The van der Waals surface area contributed by atoms with Crippen LogP contribution in [-0.4, -0.2) is 42.9 Å². The van der Waals surface area contributed by atoms with Crippen molar-refractivity contribution in [2.24, 2.45) is 0 Å². The van der Waals surface area contributed by atoms with Crippen LogP contribution in [-0.2, 0) is 16.1 Å². The van der Waals surface area contributed by atoms with Gasteiger partial charge in [0.15, 0.2) is 0 Å². The maximum Gasteiger partial charge on any atom is 0.295 e. The van der Waals surface area contributed by atoms with Crippen molar-refractivity contribution in [2.45, 2.75) is 19.0 Å². The number of likely N-dealkylation sites (tertiary alicyclic amines) is 1. The summed E-state index contributed by atoms with van der Waals surface area (Å²) in [6.45, 7) is 0.948. The summed E-state index contributed by atoms with van der Waals surface area (Å²) in [5, 5.41) is 20.9. The minimum atomic E-state index is -0.778. The van der Waals surface area contributed by atoms with Crippen LogP contribution in [0.1, 0.15) is 23.6 Å². The average Bonchev–Trinajstić information content (AvgIpc) is 3.36. The molecule has 1 unspecified atom stereocenters. The minimum absolute atomic E-state index is 0.0243. The average molecular weight is 403 g/mol. The molecule has 1 aliphatic heterocycles. The molecule has 2 heterocycles. The van der Waals surface area contributed by atoms with Gasteiger partial charge in [-0.2, -0.15) is 0 Å². The second-order valence-corrected chi connectivity index (χ2v) is 7.11. The van der Waals surface area contributed by atoms with E-state index in [2.05, 4.69) is 4.98 Å². The molecule has 2 N–H and O–H groups in total. The molecule has 1 saturated heterocycles. The van der Waals surface area contributed by atoms with E-state index in [1.807, 2.05) is 10.8 Å². The number of imidazole rings is 1. The summed E-state index contributed by atoms with van der Waals surface area (Å²) in [7, 11) is 0. The van der Waals surface area contributed by atoms with Crippen molar-refractivity contribution in [2.75, 3.05) is 6.54 Å². The van der Waals surface area contributed by atoms with Crippen LogP contribution in [0.3, 0.4) is 0 Å². The van der Waals surface area contributed by atoms with Gasteiger partial charge in [-0.1, -0.05) is 42.5 Å². The van der Waals surface area contributed by atoms with Crippen LogP contribution in [0.2, 0.25) is 0 Å². The van der Waals surface area contributed by atoms with Gasteiger partial charge in [-0.3, -0.25) is 9.59 Å². The number of carbonyl (C=O) groups is 2. The summed E-state index contributed by atoms with van der Waals surface area (Å²) in [6.07, 6.45) is 5.80. The molecule has 1 aliphatic rings. The Bertz CT molecular complexity index is 1090. The maximum atomic E-state index is 12.9. The van der Waals surface area contributed by atoms with Gasteiger partial charge in [0.2, 0.25) is 0 Å². The van der Waals surface area contributed by atoms with E-state index in [0.29, 0.717) is 30.6 Å². The molecule has 1 atom stereocenters. The number of amides is 1. The number of phenolic OH excluding ortho intramolecular Hbond substituents is 1. The Morgan fingerprint density at radius 3 is 2.53 bits per heavy atom. The van der Waals surface area contributed by atoms with Gasteiger partial charge in [-0.15, -0.1) is 0 Å². The Labute approximate surface area is 173 Å². The Morgan fingerprint density at radius 2 is 1.83 bits per heavy atom. The van der Waals surface area contributed by atoms with Crippen LogP contribution >= 0.6 is 0 Å². The number of benzene rings is 2. The fourth-order valence-corrected chi connectivity index (χ4v) is 3.75. The number of aryl methyl sites for hydroxylation is 1. The molecular weight excluding hydrogens is 382 g/mol. The number of aliphatic hydroxyl groups is 1. The van der Waals surface area contributed by atoms with Crippen LogP contribution < -0.4 is 0 Å². The zero-order valence-electron chi connectivity index (χ0n) is 16.2. The van der Waals surface area contributed by atoms with Crippen LogP contribution in [0.4, 0.5) is 0 Å². The van der Waals surface area contributed by atoms with E-state index in [1.54, 1.807) is 55.0 Å². The van der Waals surface area contributed by atoms with Crippen molar-refractivity contribution >= 4 is 17.4 Å². The summed E-state index contributed by atoms with van der Waals surface area (Å²) >= 11 is 0. The SMILES string of the molecule is O=C1C(=O)N(CCCn2ccnc2)C(c2cccc(O)c2)/C1=C(/O)c1ccccc1. The van der Waals surface area contributed by atoms with E-state index in [-0.39, 0.29) is 17.1 Å². The van der Waals surface area contributed by atoms with Gasteiger partial charge in [0.05, 0.1) is 17.9 Å². The van der Waals surface area contributed by atoms with E-state index in [4.69, 9.17) is 0 Å². The number of ketones is 1. The number of aromatic nitrogens is 2. The zero-order chi connectivity index (χ0) is 21.1. The number of aromatic hydroxyl groups is 1. The number of nitrogens with zero attached hydrogens (tertiary/aromatic N) is 3. The first-order valence-corrected chi connectivity index (χ1v) is 9.65. The quantitative estimate of drug-likeness (QED) is 0.375. The maximum absolute atomic E-state index is 12.9. The standard InChI is InChI=1S/C23H21N3O4/c27-18-9-4-8-17(14-18)20-19(21(28)16-6-2-1-3-7-16)22(29)23(30)26(20)12-5-11-25-13-10-24-15-25/h1-4,6-10,13-15,20,27-28H,5,11-12H2/b21-19-. The van der Waals surface area contributed by atoms with Gasteiger partial charge in [-0.05, 0) is 24.1 Å². The monoisotopic (exact) mass is 403 g/mol. The van der Waals surface area contributed by atoms with Crippen molar-refractivity contribution in [3.63, 3.8) is 0 Å². The van der Waals surface area contributed by atoms with Gasteiger partial charge in [-0.25, -0.2) is 4.98 Å². The molecule has 1 fully saturated rings. The highest BCUT2D eigenvalue weighted by molar-refractivity contribution is 6.46. The van der Waals surface area contributed by atoms with Crippen molar-refractivity contribution < 1.29 is 19.8 Å².